The maximum absolute atomic E-state index is 11.3. The summed E-state index contributed by atoms with van der Waals surface area (Å²) in [5.74, 6) is 0. The van der Waals surface area contributed by atoms with Crippen molar-refractivity contribution in [1.29, 1.82) is 0 Å². The molecule has 1 heterocycles. The van der Waals surface area contributed by atoms with E-state index in [0.29, 0.717) is 13.1 Å². The van der Waals surface area contributed by atoms with E-state index in [0.717, 1.165) is 17.8 Å². The monoisotopic (exact) mass is 483 g/mol. The van der Waals surface area contributed by atoms with Crippen molar-refractivity contribution < 1.29 is 10.4 Å². The third kappa shape index (κ3) is 4.67. The van der Waals surface area contributed by atoms with Crippen molar-refractivity contribution >= 4 is 21.7 Å². The lowest BCUT2D eigenvalue weighted by Crippen LogP contribution is -2.85. The summed E-state index contributed by atoms with van der Waals surface area (Å²) in [7, 11) is 0. The number of rotatable bonds is 8. The van der Waals surface area contributed by atoms with Crippen LogP contribution in [0.1, 0.15) is 5.56 Å². The summed E-state index contributed by atoms with van der Waals surface area (Å²) in [5.41, 5.74) is 7.15. The molecule has 0 spiro atoms. The number of nitrogens with zero attached hydrogens (tertiary/aromatic N) is 1. The first kappa shape index (κ1) is 23.2. The fourth-order valence-corrected chi connectivity index (χ4v) is 5.44. The fourth-order valence-electron chi connectivity index (χ4n) is 5.44. The number of aliphatic hydroxyl groups is 1. The summed E-state index contributed by atoms with van der Waals surface area (Å²) in [6, 6.07) is 44.7. The van der Waals surface area contributed by atoms with Crippen molar-refractivity contribution in [2.45, 2.75) is 19.2 Å². The zero-order valence-corrected chi connectivity index (χ0v) is 20.8. The number of hydrogen-bond donors (Lipinski definition) is 2. The molecule has 3 nitrogen and oxygen atoms in total. The highest BCUT2D eigenvalue weighted by molar-refractivity contribution is 6.15. The molecule has 3 heteroatoms. The Morgan fingerprint density at radius 2 is 1.24 bits per heavy atom. The second kappa shape index (κ2) is 10.4. The molecule has 5 aromatic carbocycles. The van der Waals surface area contributed by atoms with Crippen LogP contribution in [-0.4, -0.2) is 22.3 Å². The van der Waals surface area contributed by atoms with E-state index >= 15 is 0 Å². The van der Waals surface area contributed by atoms with Crippen molar-refractivity contribution in [1.82, 2.24) is 4.57 Å². The highest BCUT2D eigenvalue weighted by atomic mass is 16.3. The molecule has 37 heavy (non-hydrogen) atoms. The molecule has 0 amide bonds. The minimum absolute atomic E-state index is 0.496. The molecule has 0 saturated heterocycles. The highest BCUT2D eigenvalue weighted by Crippen LogP contribution is 2.43. The predicted octanol–water partition coefficient (Wildman–Crippen LogP) is 6.25. The van der Waals surface area contributed by atoms with Crippen LogP contribution in [0.25, 0.3) is 44.1 Å². The average Bonchev–Trinajstić information content (AvgIpc) is 3.29. The second-order valence-corrected chi connectivity index (χ2v) is 9.62. The van der Waals surface area contributed by atoms with Crippen molar-refractivity contribution in [3.8, 4) is 22.4 Å². The van der Waals surface area contributed by atoms with Gasteiger partial charge in [0, 0.05) is 21.9 Å². The van der Waals surface area contributed by atoms with Crippen LogP contribution in [0.5, 0.6) is 0 Å². The van der Waals surface area contributed by atoms with Crippen molar-refractivity contribution in [3.05, 3.63) is 133 Å². The van der Waals surface area contributed by atoms with Crippen LogP contribution in [-0.2, 0) is 13.1 Å². The van der Waals surface area contributed by atoms with Crippen LogP contribution in [0, 0.1) is 0 Å². The Morgan fingerprint density at radius 3 is 1.97 bits per heavy atom. The van der Waals surface area contributed by atoms with Crippen LogP contribution < -0.4 is 5.32 Å². The lowest BCUT2D eigenvalue weighted by molar-refractivity contribution is -0.676. The molecule has 0 radical (unpaired) electrons. The Labute approximate surface area is 217 Å². The van der Waals surface area contributed by atoms with Gasteiger partial charge in [0.2, 0.25) is 0 Å². The lowest BCUT2D eigenvalue weighted by atomic mass is 9.97. The fraction of sp³-hybridized carbons (Fsp3) is 0.118. The quantitative estimate of drug-likeness (QED) is 0.264. The minimum atomic E-state index is -0.496. The van der Waals surface area contributed by atoms with Gasteiger partial charge in [0.05, 0.1) is 17.8 Å². The van der Waals surface area contributed by atoms with Crippen LogP contribution in [0.3, 0.4) is 0 Å². The van der Waals surface area contributed by atoms with E-state index in [4.69, 9.17) is 0 Å². The van der Waals surface area contributed by atoms with Gasteiger partial charge in [-0.1, -0.05) is 127 Å². The number of benzene rings is 5. The lowest BCUT2D eigenvalue weighted by Gasteiger charge is -2.17. The molecule has 0 fully saturated rings. The molecule has 1 atom stereocenters. The third-order valence-electron chi connectivity index (χ3n) is 7.11. The van der Waals surface area contributed by atoms with Gasteiger partial charge in [-0.05, 0) is 16.5 Å². The van der Waals surface area contributed by atoms with Gasteiger partial charge in [-0.2, -0.15) is 0 Å². The van der Waals surface area contributed by atoms with Crippen LogP contribution in [0.4, 0.5) is 0 Å². The summed E-state index contributed by atoms with van der Waals surface area (Å²) in [4.78, 5) is 0. The van der Waals surface area contributed by atoms with Gasteiger partial charge in [0.1, 0.15) is 19.2 Å². The molecule has 182 valence electrons. The molecular weight excluding hydrogens is 452 g/mol. The molecule has 0 bridgehead atoms. The Morgan fingerprint density at radius 1 is 0.622 bits per heavy atom. The number of fused-ring (bicyclic) bond motifs is 3. The SMILES string of the molecule is O[C@@H](C[NH2+]Cc1ccccc1)Cn1c(-c2ccccc2)c(-c2ccccc2)c2ccc3ccccc3c21. The van der Waals surface area contributed by atoms with Gasteiger partial charge in [0.15, 0.2) is 0 Å². The second-order valence-electron chi connectivity index (χ2n) is 9.62. The van der Waals surface area contributed by atoms with Crippen LogP contribution in [0.2, 0.25) is 0 Å². The molecule has 6 rings (SSSR count). The molecule has 0 saturated carbocycles. The maximum Gasteiger partial charge on any atom is 0.121 e. The highest BCUT2D eigenvalue weighted by Gasteiger charge is 2.23. The van der Waals surface area contributed by atoms with Crippen molar-refractivity contribution in [2.75, 3.05) is 6.54 Å². The van der Waals surface area contributed by atoms with Gasteiger partial charge in [-0.15, -0.1) is 0 Å². The first-order chi connectivity index (χ1) is 18.3. The summed E-state index contributed by atoms with van der Waals surface area (Å²) < 4.78 is 2.36. The number of quaternary nitrogens is 1. The standard InChI is InChI=1S/C34H30N2O/c37-29(23-35-22-25-12-4-1-5-13-25)24-36-33(28-17-8-3-9-18-28)32(27-15-6-2-7-16-27)31-21-20-26-14-10-11-19-30(26)34(31)36/h1-21,29,35,37H,22-24H2/p+1/t29-/m0/s1. The Bertz CT molecular complexity index is 1620. The number of nitrogens with two attached hydrogens (primary N) is 1. The molecule has 6 aromatic rings. The molecule has 1 aromatic heterocycles. The zero-order chi connectivity index (χ0) is 25.0. The normalized spacial score (nSPS) is 12.2. The predicted molar refractivity (Wildman–Crippen MR) is 153 cm³/mol. The topological polar surface area (TPSA) is 41.8 Å². The van der Waals surface area contributed by atoms with Crippen molar-refractivity contribution in [2.24, 2.45) is 0 Å². The molecule has 0 unspecified atom stereocenters. The minimum Gasteiger partial charge on any atom is -0.385 e. The van der Waals surface area contributed by atoms with Gasteiger partial charge < -0.3 is 15.0 Å². The van der Waals surface area contributed by atoms with E-state index in [9.17, 15) is 5.11 Å². The zero-order valence-electron chi connectivity index (χ0n) is 20.8. The molecule has 3 N–H and O–H groups in total. The van der Waals surface area contributed by atoms with Gasteiger partial charge in [0.25, 0.3) is 0 Å². The van der Waals surface area contributed by atoms with E-state index in [-0.39, 0.29) is 0 Å². The molecular formula is C34H31N2O+. The summed E-state index contributed by atoms with van der Waals surface area (Å²) in [6.45, 7) is 2.01. The van der Waals surface area contributed by atoms with E-state index < -0.39 is 6.10 Å². The van der Waals surface area contributed by atoms with E-state index in [1.54, 1.807) is 0 Å². The van der Waals surface area contributed by atoms with Crippen LogP contribution >= 0.6 is 0 Å². The summed E-state index contributed by atoms with van der Waals surface area (Å²) in [6.07, 6.45) is -0.496. The van der Waals surface area contributed by atoms with Gasteiger partial charge in [-0.25, -0.2) is 0 Å². The number of hydrogen-bond acceptors (Lipinski definition) is 1. The van der Waals surface area contributed by atoms with E-state index in [1.807, 2.05) is 6.07 Å². The largest absolute Gasteiger partial charge is 0.385 e. The number of aliphatic hydroxyl groups excluding tert-OH is 1. The summed E-state index contributed by atoms with van der Waals surface area (Å²) >= 11 is 0. The Balaban J connectivity index is 1.50. The first-order valence-electron chi connectivity index (χ1n) is 13.0. The van der Waals surface area contributed by atoms with Crippen molar-refractivity contribution in [3.63, 3.8) is 0 Å². The Hall–Kier alpha value is -4.18. The average molecular weight is 484 g/mol. The number of aromatic nitrogens is 1. The van der Waals surface area contributed by atoms with Gasteiger partial charge >= 0.3 is 0 Å². The smallest absolute Gasteiger partial charge is 0.121 e. The van der Waals surface area contributed by atoms with E-state index in [2.05, 4.69) is 131 Å². The van der Waals surface area contributed by atoms with Gasteiger partial charge in [-0.3, -0.25) is 0 Å². The molecule has 0 aliphatic carbocycles. The Kier molecular flexibility index (Phi) is 6.55. The molecule has 0 aliphatic rings. The third-order valence-corrected chi connectivity index (χ3v) is 7.11. The van der Waals surface area contributed by atoms with Crippen LogP contribution in [0.15, 0.2) is 127 Å². The maximum atomic E-state index is 11.3. The molecule has 0 aliphatic heterocycles. The van der Waals surface area contributed by atoms with E-state index in [1.165, 1.54) is 38.4 Å². The summed E-state index contributed by atoms with van der Waals surface area (Å²) in [5, 5.41) is 17.1. The first-order valence-corrected chi connectivity index (χ1v) is 13.0.